The molecule has 13 atom stereocenters. The zero-order valence-electron chi connectivity index (χ0n) is 67.4. The summed E-state index contributed by atoms with van der Waals surface area (Å²) in [5, 5.41) is 45.8. The van der Waals surface area contributed by atoms with Gasteiger partial charge in [0.05, 0.1) is 96.0 Å². The normalized spacial score (nSPS) is 22.8. The molecule has 3 saturated carbocycles. The van der Waals surface area contributed by atoms with Crippen molar-refractivity contribution >= 4 is 117 Å². The Morgan fingerprint density at radius 3 is 1.50 bits per heavy atom. The molecule has 124 heavy (non-hydrogen) atoms. The number of hydrogen-bond donors (Lipinski definition) is 9. The van der Waals surface area contributed by atoms with Crippen molar-refractivity contribution in [3.05, 3.63) is 194 Å². The highest BCUT2D eigenvalue weighted by Crippen LogP contribution is 2.44. The number of fused-ring (bicyclic) bond motifs is 3. The van der Waals surface area contributed by atoms with Gasteiger partial charge >= 0.3 is 43.1 Å². The Morgan fingerprint density at radius 2 is 1.02 bits per heavy atom. The van der Waals surface area contributed by atoms with Gasteiger partial charge in [-0.05, 0) is 124 Å². The molecule has 11 heterocycles. The molecule has 0 saturated heterocycles. The molecule has 666 valence electrons. The van der Waals surface area contributed by atoms with Crippen LogP contribution in [0, 0.1) is 44.4 Å². The minimum atomic E-state index is -4.60. The predicted octanol–water partition coefficient (Wildman–Crippen LogP) is 7.80. The lowest BCUT2D eigenvalue weighted by molar-refractivity contribution is -0.154. The number of imidazole rings is 1. The van der Waals surface area contributed by atoms with Crippen LogP contribution in [-0.4, -0.2) is 192 Å². The number of carbonyl (C=O) groups excluding carboxylic acids is 4. The van der Waals surface area contributed by atoms with Gasteiger partial charge in [-0.15, -0.1) is 34.0 Å². The number of carbonyl (C=O) groups is 4. The van der Waals surface area contributed by atoms with Crippen LogP contribution in [0.1, 0.15) is 182 Å². The Kier molecular flexibility index (Phi) is 29.2. The molecule has 9 aromatic rings. The summed E-state index contributed by atoms with van der Waals surface area (Å²) in [5.41, 5.74) is 12.0. The Morgan fingerprint density at radius 1 is 0.589 bits per heavy atom. The van der Waals surface area contributed by atoms with Gasteiger partial charge < -0.3 is 60.1 Å². The number of benzene rings is 1. The molecular formula is C78H90ClF3N16O20S6. The standard InChI is InChI=1S/C30H36ClN5O7S2.C25H29N5O7S2.C23H25F3N6O6S2/c1-15(2)26(32)30(38)43-24-10-20(8-18(24)13-42-45(33,39)40)36-29-23(12-34-14-35-29)27(37)25-11-21(16(3)44-25)28-22-9-19(31)5-4-17(22)6-7-41-28;1-13-17(24-22-14(5-6-36-24)3-4-21(30-22)35-2)9-20(38-13)23(32)18-10-27-12-28-25(18)29-16-7-15(19(31)8-16)11-37-39(26,33)34;1-11-14(20-22-31-18(23(24,25)26)8-32(22)2-3-37-20)6-17(39-11)19(34)15-7-28-10-29-21(15)30-13-4-12(16(33)5-13)9-38-40(27,35)36/h4-5,9,11-12,14-15,18,20,24,26,28H,6-8,10,13,32H2,1-3H3,(H2,33,39,40)(H,34,35,36);3-4,9-10,12,15-16,19,24,31H,5-8,11H2,1-2H3,(H2,26,33,34)(H,27,28,29);6-8,10,12-13,16,20,33H,2-5,9H2,1H3,(H2,27,35,36)(H,28,29,30)/t18-,20-,24+,26+,28+;15-,16-,19+,24?;12-,13-,16+,20?/m111/s1. The third-order valence-electron chi connectivity index (χ3n) is 21.9. The van der Waals surface area contributed by atoms with E-state index in [1.807, 2.05) is 56.3 Å². The van der Waals surface area contributed by atoms with Crippen LogP contribution in [0.2, 0.25) is 5.02 Å². The van der Waals surface area contributed by atoms with E-state index in [4.69, 9.17) is 60.6 Å². The number of pyridine rings is 1. The zero-order chi connectivity index (χ0) is 89.0. The first-order chi connectivity index (χ1) is 58.7. The number of aromatic nitrogens is 9. The molecule has 3 aliphatic heterocycles. The topological polar surface area (TPSA) is 533 Å². The molecule has 6 aliphatic rings. The number of aliphatic hydroxyl groups excluding tert-OH is 2. The van der Waals surface area contributed by atoms with Crippen molar-refractivity contribution in [1.82, 2.24) is 44.4 Å². The summed E-state index contributed by atoms with van der Waals surface area (Å²) < 4.78 is 152. The van der Waals surface area contributed by atoms with Gasteiger partial charge in [-0.25, -0.2) is 55.3 Å². The summed E-state index contributed by atoms with van der Waals surface area (Å²) in [7, 11) is -10.9. The van der Waals surface area contributed by atoms with E-state index in [0.29, 0.717) is 92.9 Å². The minimum absolute atomic E-state index is 0.115. The SMILES string of the molecule is COc1ccc2c(n1)C(c1cc(C(=O)c3cncnc3N[C@@H]3C[C@H](COS(N)(=O)=O)[C@@H](O)C3)sc1C)OCC2.Cc1sc(C(=O)c2cncnc2N[C@@H]2C[C@H](COS(N)(=O)=O)[C@@H](O)C2)cc1C1OCCn2cc(C(F)(F)F)nc21.Cc1sc(C(=O)c2cncnc2N[C@@H]2C[C@H](COS(N)(=O)=O)[C@@H](OC(=O)[C@@H](N)C(C)C)C2)cc1[C@@H]1OCCc2ccc(Cl)cc21. The summed E-state index contributed by atoms with van der Waals surface area (Å²) in [6, 6.07) is 13.1. The van der Waals surface area contributed by atoms with Crippen molar-refractivity contribution < 1.29 is 104 Å². The van der Waals surface area contributed by atoms with Crippen LogP contribution in [0.3, 0.4) is 0 Å². The molecule has 1 aromatic carbocycles. The van der Waals surface area contributed by atoms with E-state index in [9.17, 15) is 67.8 Å². The molecule has 13 N–H and O–H groups in total. The first kappa shape index (κ1) is 92.7. The molecule has 2 unspecified atom stereocenters. The number of nitrogens with two attached hydrogens (primary N) is 4. The van der Waals surface area contributed by atoms with E-state index in [2.05, 4.69) is 64.2 Å². The molecule has 0 spiro atoms. The van der Waals surface area contributed by atoms with Crippen molar-refractivity contribution in [3.63, 3.8) is 0 Å². The first-order valence-corrected chi connectivity index (χ1v) is 46.3. The second-order valence-electron chi connectivity index (χ2n) is 30.8. The van der Waals surface area contributed by atoms with Crippen LogP contribution in [0.15, 0.2) is 92.3 Å². The van der Waals surface area contributed by atoms with Crippen molar-refractivity contribution in [2.75, 3.05) is 62.7 Å². The van der Waals surface area contributed by atoms with Crippen LogP contribution < -0.4 is 41.8 Å². The molecule has 0 bridgehead atoms. The van der Waals surface area contributed by atoms with Crippen molar-refractivity contribution in [1.29, 1.82) is 0 Å². The number of thiophene rings is 3. The number of nitrogens with one attached hydrogen (secondary N) is 3. The zero-order valence-corrected chi connectivity index (χ0v) is 73.0. The van der Waals surface area contributed by atoms with Crippen LogP contribution in [0.25, 0.3) is 0 Å². The van der Waals surface area contributed by atoms with Crippen molar-refractivity contribution in [3.8, 4) is 5.88 Å². The number of methoxy groups -OCH3 is 1. The third kappa shape index (κ3) is 22.7. The van der Waals surface area contributed by atoms with Gasteiger partial charge in [0.25, 0.3) is 0 Å². The lowest BCUT2D eigenvalue weighted by Gasteiger charge is -2.26. The van der Waals surface area contributed by atoms with Gasteiger partial charge in [-0.1, -0.05) is 37.6 Å². The third-order valence-corrected chi connectivity index (χ3v) is 26.7. The van der Waals surface area contributed by atoms with Crippen LogP contribution in [0.5, 0.6) is 5.88 Å². The molecule has 46 heteroatoms. The van der Waals surface area contributed by atoms with E-state index in [-0.39, 0.29) is 109 Å². The van der Waals surface area contributed by atoms with Gasteiger partial charge in [0.2, 0.25) is 23.2 Å². The number of rotatable bonds is 28. The largest absolute Gasteiger partial charge is 0.481 e. The highest BCUT2D eigenvalue weighted by Gasteiger charge is 2.43. The molecule has 8 aromatic heterocycles. The van der Waals surface area contributed by atoms with E-state index in [0.717, 1.165) is 73.6 Å². The Balaban J connectivity index is 0.000000160. The molecule has 15 rings (SSSR count). The fraction of sp³-hybridized carbons (Fsp3) is 0.462. The number of aliphatic hydroxyl groups is 2. The van der Waals surface area contributed by atoms with Gasteiger partial charge in [-0.2, -0.15) is 38.4 Å². The quantitative estimate of drug-likeness (QED) is 0.0167. The smallest absolute Gasteiger partial charge is 0.434 e. The number of ether oxygens (including phenoxy) is 5. The maximum absolute atomic E-state index is 13.9. The fourth-order valence-electron chi connectivity index (χ4n) is 15.6. The summed E-state index contributed by atoms with van der Waals surface area (Å²) in [6.07, 6.45) is 4.08. The second kappa shape index (κ2) is 39.1. The number of esters is 1. The number of halogens is 4. The Bertz CT molecular complexity index is 5790. The maximum Gasteiger partial charge on any atom is 0.434 e. The van der Waals surface area contributed by atoms with Crippen molar-refractivity contribution in [2.45, 2.75) is 159 Å². The lowest BCUT2D eigenvalue weighted by atomic mass is 9.93. The van der Waals surface area contributed by atoms with Gasteiger partial charge in [-0.3, -0.25) is 31.7 Å². The summed E-state index contributed by atoms with van der Waals surface area (Å²) in [5.74, 6) is -1.64. The van der Waals surface area contributed by atoms with Gasteiger partial charge in [0.1, 0.15) is 72.7 Å². The van der Waals surface area contributed by atoms with E-state index < -0.39 is 109 Å². The fourth-order valence-corrected chi connectivity index (χ4v) is 19.9. The highest BCUT2D eigenvalue weighted by molar-refractivity contribution is 7.84. The molecule has 3 aliphatic carbocycles. The number of alkyl halides is 3. The number of aryl methyl sites for hydroxylation is 3. The van der Waals surface area contributed by atoms with Crippen LogP contribution in [0.4, 0.5) is 30.6 Å². The highest BCUT2D eigenvalue weighted by atomic mass is 35.5. The summed E-state index contributed by atoms with van der Waals surface area (Å²) >= 11 is 10.2. The summed E-state index contributed by atoms with van der Waals surface area (Å²) in [4.78, 5) is 90.9. The average molecular weight is 1860 g/mol. The average Bonchev–Trinajstić information content (AvgIpc) is 1.70. The van der Waals surface area contributed by atoms with Crippen molar-refractivity contribution in [2.24, 2.45) is 44.8 Å². The molecule has 3 fully saturated rings. The summed E-state index contributed by atoms with van der Waals surface area (Å²) in [6.45, 7) is 9.97. The number of nitrogens with zero attached hydrogens (tertiary/aromatic N) is 9. The lowest BCUT2D eigenvalue weighted by Crippen LogP contribution is -2.40. The van der Waals surface area contributed by atoms with Crippen LogP contribution in [-0.2, 0) is 92.8 Å². The van der Waals surface area contributed by atoms with Gasteiger partial charge in [0, 0.05) is 110 Å². The van der Waals surface area contributed by atoms with Gasteiger partial charge in [0.15, 0.2) is 5.69 Å². The maximum atomic E-state index is 13.9. The molecule has 0 radical (unpaired) electrons. The van der Waals surface area contributed by atoms with E-state index >= 15 is 0 Å². The first-order valence-electron chi connectivity index (χ1n) is 39.0. The van der Waals surface area contributed by atoms with E-state index in [1.165, 1.54) is 64.8 Å². The number of ketones is 3. The van der Waals surface area contributed by atoms with E-state index in [1.54, 1.807) is 33.9 Å². The molecule has 0 amide bonds. The predicted molar refractivity (Wildman–Crippen MR) is 446 cm³/mol. The van der Waals surface area contributed by atoms with Crippen LogP contribution >= 0.6 is 45.6 Å². The Hall–Kier alpha value is -8.95. The minimum Gasteiger partial charge on any atom is -0.481 e. The second-order valence-corrected chi connectivity index (χ2v) is 38.7. The monoisotopic (exact) mass is 1850 g/mol. The number of anilines is 3. The molecular weight excluding hydrogens is 1770 g/mol. The number of hydrogen-bond acceptors (Lipinski definition) is 35. The Labute approximate surface area is 727 Å². The molecule has 36 nitrogen and oxygen atoms in total.